The van der Waals surface area contributed by atoms with Crippen molar-refractivity contribution in [3.8, 4) is 0 Å². The molecule has 0 bridgehead atoms. The molecule has 104 valence electrons. The first kappa shape index (κ1) is 15.5. The molecule has 0 amide bonds. The summed E-state index contributed by atoms with van der Waals surface area (Å²) >= 11 is 6.41. The van der Waals surface area contributed by atoms with Crippen molar-refractivity contribution in [1.82, 2.24) is 9.78 Å². The van der Waals surface area contributed by atoms with Crippen LogP contribution in [0, 0.1) is 11.3 Å². The van der Waals surface area contributed by atoms with Gasteiger partial charge < -0.3 is 5.11 Å². The monoisotopic (exact) mass is 272 g/mol. The third kappa shape index (κ3) is 2.89. The number of rotatable bonds is 6. The minimum Gasteiger partial charge on any atom is -0.396 e. The molecule has 0 radical (unpaired) electrons. The van der Waals surface area contributed by atoms with Gasteiger partial charge in [-0.2, -0.15) is 5.10 Å². The van der Waals surface area contributed by atoms with Gasteiger partial charge in [0.05, 0.1) is 16.4 Å². The minimum absolute atomic E-state index is 0.151. The first-order chi connectivity index (χ1) is 8.39. The molecule has 0 aliphatic heterocycles. The lowest BCUT2D eigenvalue weighted by molar-refractivity contribution is 0.0925. The van der Waals surface area contributed by atoms with Crippen LogP contribution in [0.3, 0.4) is 0 Å². The first-order valence-electron chi connectivity index (χ1n) is 6.74. The number of hydrogen-bond acceptors (Lipinski definition) is 2. The van der Waals surface area contributed by atoms with Crippen molar-refractivity contribution in [3.05, 3.63) is 16.4 Å². The van der Waals surface area contributed by atoms with Crippen LogP contribution in [0.15, 0.2) is 0 Å². The van der Waals surface area contributed by atoms with Crippen LogP contribution in [-0.2, 0) is 19.4 Å². The summed E-state index contributed by atoms with van der Waals surface area (Å²) in [6.45, 7) is 11.5. The molecule has 1 unspecified atom stereocenters. The van der Waals surface area contributed by atoms with E-state index in [1.54, 1.807) is 0 Å². The van der Waals surface area contributed by atoms with Gasteiger partial charge in [0.2, 0.25) is 0 Å². The van der Waals surface area contributed by atoms with Crippen LogP contribution in [-0.4, -0.2) is 21.5 Å². The van der Waals surface area contributed by atoms with Crippen molar-refractivity contribution < 1.29 is 5.11 Å². The smallest absolute Gasteiger partial charge is 0.0850 e. The zero-order valence-corrected chi connectivity index (χ0v) is 12.9. The van der Waals surface area contributed by atoms with Gasteiger partial charge in [-0.25, -0.2) is 0 Å². The number of aryl methyl sites for hydroxylation is 2. The first-order valence-corrected chi connectivity index (χ1v) is 7.12. The van der Waals surface area contributed by atoms with Gasteiger partial charge in [0.25, 0.3) is 0 Å². The predicted molar refractivity (Wildman–Crippen MR) is 76.0 cm³/mol. The van der Waals surface area contributed by atoms with Crippen LogP contribution in [0.4, 0.5) is 0 Å². The summed E-state index contributed by atoms with van der Waals surface area (Å²) in [4.78, 5) is 0. The molecule has 1 aromatic rings. The Bertz CT molecular complexity index is 401. The quantitative estimate of drug-likeness (QED) is 0.863. The van der Waals surface area contributed by atoms with E-state index in [4.69, 9.17) is 11.6 Å². The molecule has 4 heteroatoms. The molecular formula is C14H25ClN2O. The number of aromatic nitrogens is 2. The predicted octanol–water partition coefficient (Wildman–Crippen LogP) is 3.32. The van der Waals surface area contributed by atoms with Crippen molar-refractivity contribution >= 4 is 11.6 Å². The maximum Gasteiger partial charge on any atom is 0.0850 e. The summed E-state index contributed by atoms with van der Waals surface area (Å²) in [6, 6.07) is 0. The summed E-state index contributed by atoms with van der Waals surface area (Å²) in [5.41, 5.74) is 1.86. The third-order valence-electron chi connectivity index (χ3n) is 4.02. The van der Waals surface area contributed by atoms with Gasteiger partial charge in [-0.15, -0.1) is 0 Å². The molecule has 3 nitrogen and oxygen atoms in total. The van der Waals surface area contributed by atoms with Crippen molar-refractivity contribution in [3.63, 3.8) is 0 Å². The van der Waals surface area contributed by atoms with Crippen LogP contribution >= 0.6 is 11.6 Å². The lowest BCUT2D eigenvalue weighted by atomic mass is 9.76. The maximum absolute atomic E-state index is 9.66. The zero-order chi connectivity index (χ0) is 13.9. The highest BCUT2D eigenvalue weighted by Gasteiger charge is 2.31. The molecule has 0 fully saturated rings. The van der Waals surface area contributed by atoms with Crippen LogP contribution in [0.2, 0.25) is 5.02 Å². The molecule has 1 N–H and O–H groups in total. The maximum atomic E-state index is 9.66. The van der Waals surface area contributed by atoms with Gasteiger partial charge in [0.1, 0.15) is 0 Å². The van der Waals surface area contributed by atoms with Crippen molar-refractivity contribution in [2.24, 2.45) is 11.3 Å². The average Bonchev–Trinajstić information content (AvgIpc) is 2.65. The van der Waals surface area contributed by atoms with Crippen LogP contribution in [0.25, 0.3) is 0 Å². The van der Waals surface area contributed by atoms with Crippen molar-refractivity contribution in [2.75, 3.05) is 6.61 Å². The second-order valence-corrected chi connectivity index (χ2v) is 5.90. The normalized spacial score (nSPS) is 15.1. The molecule has 0 saturated heterocycles. The summed E-state index contributed by atoms with van der Waals surface area (Å²) in [5.74, 6) is 0.392. The largest absolute Gasteiger partial charge is 0.396 e. The lowest BCUT2D eigenvalue weighted by Gasteiger charge is -2.32. The summed E-state index contributed by atoms with van der Waals surface area (Å²) in [6.07, 6.45) is 1.61. The molecule has 1 atom stereocenters. The fourth-order valence-corrected chi connectivity index (χ4v) is 2.35. The van der Waals surface area contributed by atoms with E-state index < -0.39 is 0 Å². The van der Waals surface area contributed by atoms with Crippen LogP contribution < -0.4 is 0 Å². The highest BCUT2D eigenvalue weighted by atomic mass is 35.5. The zero-order valence-electron chi connectivity index (χ0n) is 12.1. The second-order valence-electron chi connectivity index (χ2n) is 5.52. The molecule has 1 rings (SSSR count). The fourth-order valence-electron chi connectivity index (χ4n) is 2.01. The number of aliphatic hydroxyl groups is 1. The number of aliphatic hydroxyl groups excluding tert-OH is 1. The van der Waals surface area contributed by atoms with Gasteiger partial charge in [0.15, 0.2) is 0 Å². The molecule has 18 heavy (non-hydrogen) atoms. The van der Waals surface area contributed by atoms with E-state index in [0.29, 0.717) is 5.92 Å². The minimum atomic E-state index is -0.151. The summed E-state index contributed by atoms with van der Waals surface area (Å²) in [5, 5.41) is 15.0. The van der Waals surface area contributed by atoms with Crippen molar-refractivity contribution in [2.45, 2.75) is 54.0 Å². The van der Waals surface area contributed by atoms with Gasteiger partial charge in [-0.05, 0) is 31.1 Å². The summed E-state index contributed by atoms with van der Waals surface area (Å²) in [7, 11) is 0. The molecule has 0 spiro atoms. The SMILES string of the molecule is CCc1nn(CC)c(CC(C)(CO)C(C)C)c1Cl. The van der Waals surface area contributed by atoms with Gasteiger partial charge in [0, 0.05) is 13.2 Å². The van der Waals surface area contributed by atoms with Crippen LogP contribution in [0.5, 0.6) is 0 Å². The molecular weight excluding hydrogens is 248 g/mol. The number of hydrogen-bond donors (Lipinski definition) is 1. The van der Waals surface area contributed by atoms with E-state index in [-0.39, 0.29) is 12.0 Å². The highest BCUT2D eigenvalue weighted by molar-refractivity contribution is 6.31. The average molecular weight is 273 g/mol. The standard InChI is InChI=1S/C14H25ClN2O/c1-6-11-13(15)12(17(7-2)16-11)8-14(5,9-18)10(3)4/h10,18H,6-9H2,1-5H3. The Morgan fingerprint density at radius 1 is 1.39 bits per heavy atom. The molecule has 0 aliphatic rings. The topological polar surface area (TPSA) is 38.0 Å². The highest BCUT2D eigenvalue weighted by Crippen LogP contribution is 2.34. The Kier molecular flexibility index (Phi) is 5.23. The fraction of sp³-hybridized carbons (Fsp3) is 0.786. The third-order valence-corrected chi connectivity index (χ3v) is 4.46. The number of halogens is 1. The Morgan fingerprint density at radius 2 is 2.00 bits per heavy atom. The van der Waals surface area contributed by atoms with Gasteiger partial charge in [-0.1, -0.05) is 39.3 Å². The second kappa shape index (κ2) is 6.07. The van der Waals surface area contributed by atoms with E-state index in [2.05, 4.69) is 39.7 Å². The number of nitrogens with zero attached hydrogens (tertiary/aromatic N) is 2. The molecule has 0 saturated carbocycles. The van der Waals surface area contributed by atoms with E-state index in [0.717, 1.165) is 35.8 Å². The van der Waals surface area contributed by atoms with E-state index in [9.17, 15) is 5.11 Å². The van der Waals surface area contributed by atoms with Crippen molar-refractivity contribution in [1.29, 1.82) is 0 Å². The lowest BCUT2D eigenvalue weighted by Crippen LogP contribution is -2.31. The van der Waals surface area contributed by atoms with E-state index in [1.165, 1.54) is 0 Å². The summed E-state index contributed by atoms with van der Waals surface area (Å²) < 4.78 is 1.97. The van der Waals surface area contributed by atoms with E-state index in [1.807, 2.05) is 4.68 Å². The van der Waals surface area contributed by atoms with Gasteiger partial charge in [-0.3, -0.25) is 4.68 Å². The van der Waals surface area contributed by atoms with Gasteiger partial charge >= 0.3 is 0 Å². The molecule has 0 aliphatic carbocycles. The molecule has 1 aromatic heterocycles. The Balaban J connectivity index is 3.13. The van der Waals surface area contributed by atoms with E-state index >= 15 is 0 Å². The molecule has 1 heterocycles. The Hall–Kier alpha value is -0.540. The molecule has 0 aromatic carbocycles. The Morgan fingerprint density at radius 3 is 2.39 bits per heavy atom. The van der Waals surface area contributed by atoms with Crippen LogP contribution in [0.1, 0.15) is 46.0 Å². The Labute approximate surface area is 115 Å².